The molecule has 2 aliphatic heterocycles. The van der Waals surface area contributed by atoms with E-state index in [0.29, 0.717) is 35.6 Å². The number of fused-ring (bicyclic) bond motifs is 2. The SMILES string of the molecule is COc1c(CN2O[C@@H](CN)[C@@H]([C@H](C)O)[C@H]2C(=O)N[C@H]2C[C@@H]3C[C@H]([C@@H]2C)C3(C)C)cccc1-c1cc(C(=O)N[C@H](CN2CCCC2)[C@H](O)c2ccccc2)cc(N(C)C)c1. The number of aliphatic hydroxyl groups excluding tert-OH is 2. The largest absolute Gasteiger partial charge is 0.496 e. The Kier molecular flexibility index (Phi) is 13.1. The maximum Gasteiger partial charge on any atom is 0.251 e. The molecule has 6 N–H and O–H groups in total. The normalized spacial score (nSPS) is 28.0. The maximum absolute atomic E-state index is 14.4. The van der Waals surface area contributed by atoms with Crippen molar-refractivity contribution in [2.45, 2.75) is 96.4 Å². The molecule has 0 aromatic heterocycles. The van der Waals surface area contributed by atoms with Crippen LogP contribution in [0.25, 0.3) is 11.1 Å². The molecular weight excluding hydrogens is 745 g/mol. The fourth-order valence-corrected chi connectivity index (χ4v) is 10.6. The first-order valence-corrected chi connectivity index (χ1v) is 21.6. The monoisotopic (exact) mass is 811 g/mol. The van der Waals surface area contributed by atoms with Gasteiger partial charge in [-0.2, -0.15) is 5.06 Å². The van der Waals surface area contributed by atoms with Gasteiger partial charge in [-0.1, -0.05) is 69.3 Å². The number of rotatable bonds is 15. The summed E-state index contributed by atoms with van der Waals surface area (Å²) < 4.78 is 6.15. The Morgan fingerprint density at radius 2 is 1.76 bits per heavy atom. The minimum absolute atomic E-state index is 0.0537. The number of carbonyl (C=O) groups is 2. The highest BCUT2D eigenvalue weighted by atomic mass is 16.7. The zero-order valence-electron chi connectivity index (χ0n) is 35.9. The smallest absolute Gasteiger partial charge is 0.251 e. The van der Waals surface area contributed by atoms with Crippen molar-refractivity contribution in [1.29, 1.82) is 0 Å². The fraction of sp³-hybridized carbons (Fsp3) is 0.574. The zero-order valence-corrected chi connectivity index (χ0v) is 35.9. The molecule has 3 aliphatic carbocycles. The van der Waals surface area contributed by atoms with E-state index in [2.05, 4.69) is 36.3 Å². The first-order valence-electron chi connectivity index (χ1n) is 21.6. The number of hydrogen-bond donors (Lipinski definition) is 5. The van der Waals surface area contributed by atoms with Crippen LogP contribution in [0.1, 0.15) is 81.0 Å². The van der Waals surface area contributed by atoms with Crippen molar-refractivity contribution in [3.63, 3.8) is 0 Å². The molecule has 12 heteroatoms. The average Bonchev–Trinajstić information content (AvgIpc) is 3.88. The number of amides is 2. The van der Waals surface area contributed by atoms with E-state index in [1.165, 1.54) is 6.42 Å². The molecule has 3 saturated carbocycles. The Hall–Kier alpha value is -4.04. The molecule has 5 fully saturated rings. The summed E-state index contributed by atoms with van der Waals surface area (Å²) in [5.74, 6) is 1.09. The van der Waals surface area contributed by atoms with Gasteiger partial charge in [0.1, 0.15) is 17.9 Å². The molecule has 0 spiro atoms. The lowest BCUT2D eigenvalue weighted by Crippen LogP contribution is -2.62. The molecule has 2 bridgehead atoms. The van der Waals surface area contributed by atoms with Gasteiger partial charge in [-0.3, -0.25) is 14.4 Å². The quantitative estimate of drug-likeness (QED) is 0.142. The molecule has 5 aliphatic rings. The highest BCUT2D eigenvalue weighted by Crippen LogP contribution is 2.61. The van der Waals surface area contributed by atoms with E-state index in [1.54, 1.807) is 19.1 Å². The minimum Gasteiger partial charge on any atom is -0.496 e. The maximum atomic E-state index is 14.4. The van der Waals surface area contributed by atoms with E-state index >= 15 is 0 Å². The van der Waals surface area contributed by atoms with Crippen molar-refractivity contribution in [3.8, 4) is 16.9 Å². The van der Waals surface area contributed by atoms with Gasteiger partial charge < -0.3 is 41.1 Å². The van der Waals surface area contributed by atoms with Gasteiger partial charge in [-0.05, 0) is 98.2 Å². The first-order chi connectivity index (χ1) is 28.2. The number of nitrogens with two attached hydrogens (primary N) is 1. The third kappa shape index (κ3) is 8.76. The van der Waals surface area contributed by atoms with Crippen LogP contribution in [-0.4, -0.2) is 110 Å². The van der Waals surface area contributed by atoms with Gasteiger partial charge in [-0.25, -0.2) is 0 Å². The van der Waals surface area contributed by atoms with Gasteiger partial charge in [0.25, 0.3) is 5.91 Å². The summed E-state index contributed by atoms with van der Waals surface area (Å²) in [5, 5.41) is 30.9. The number of carbonyl (C=O) groups excluding carboxylic acids is 2. The van der Waals surface area contributed by atoms with Crippen molar-refractivity contribution in [3.05, 3.63) is 83.4 Å². The van der Waals surface area contributed by atoms with E-state index in [0.717, 1.165) is 60.3 Å². The molecule has 2 heterocycles. The molecule has 12 nitrogen and oxygen atoms in total. The van der Waals surface area contributed by atoms with Crippen LogP contribution in [0.5, 0.6) is 5.75 Å². The van der Waals surface area contributed by atoms with E-state index < -0.39 is 36.3 Å². The Morgan fingerprint density at radius 1 is 1.03 bits per heavy atom. The van der Waals surface area contributed by atoms with Crippen molar-refractivity contribution in [1.82, 2.24) is 20.6 Å². The molecule has 0 radical (unpaired) electrons. The van der Waals surface area contributed by atoms with E-state index in [1.807, 2.05) is 85.7 Å². The third-order valence-corrected chi connectivity index (χ3v) is 14.2. The number of ether oxygens (including phenoxy) is 1. The number of benzene rings is 3. The summed E-state index contributed by atoms with van der Waals surface area (Å²) in [6, 6.07) is 19.8. The Labute approximate surface area is 350 Å². The summed E-state index contributed by atoms with van der Waals surface area (Å²) in [6.45, 7) is 11.4. The van der Waals surface area contributed by atoms with E-state index in [-0.39, 0.29) is 36.4 Å². The molecule has 2 saturated heterocycles. The van der Waals surface area contributed by atoms with Gasteiger partial charge in [0.05, 0.1) is 31.9 Å². The number of likely N-dealkylation sites (tertiary alicyclic amines) is 1. The number of nitrogens with one attached hydrogen (secondary N) is 2. The van der Waals surface area contributed by atoms with Gasteiger partial charge >= 0.3 is 0 Å². The van der Waals surface area contributed by atoms with Crippen LogP contribution < -0.4 is 26.0 Å². The second-order valence-electron chi connectivity index (χ2n) is 18.4. The molecule has 320 valence electrons. The van der Waals surface area contributed by atoms with Crippen molar-refractivity contribution >= 4 is 17.5 Å². The van der Waals surface area contributed by atoms with Crippen LogP contribution in [0.15, 0.2) is 66.7 Å². The summed E-state index contributed by atoms with van der Waals surface area (Å²) in [5.41, 5.74) is 10.8. The molecule has 2 amide bonds. The molecule has 10 atom stereocenters. The zero-order chi connectivity index (χ0) is 42.2. The van der Waals surface area contributed by atoms with Gasteiger partial charge in [0, 0.05) is 61.5 Å². The summed E-state index contributed by atoms with van der Waals surface area (Å²) in [6.07, 6.45) is 2.08. The summed E-state index contributed by atoms with van der Waals surface area (Å²) in [4.78, 5) is 39.3. The molecule has 8 rings (SSSR count). The molecule has 0 unspecified atom stereocenters. The number of methoxy groups -OCH3 is 1. The molecule has 59 heavy (non-hydrogen) atoms. The number of para-hydroxylation sites is 1. The first kappa shape index (κ1) is 43.1. The van der Waals surface area contributed by atoms with Crippen LogP contribution in [-0.2, 0) is 16.2 Å². The number of aliphatic hydroxyl groups is 2. The lowest BCUT2D eigenvalue weighted by Gasteiger charge is -2.62. The van der Waals surface area contributed by atoms with Gasteiger partial charge in [-0.15, -0.1) is 0 Å². The van der Waals surface area contributed by atoms with Crippen LogP contribution in [0.3, 0.4) is 0 Å². The highest BCUT2D eigenvalue weighted by molar-refractivity contribution is 5.97. The van der Waals surface area contributed by atoms with Crippen LogP contribution >= 0.6 is 0 Å². The number of hydroxylamine groups is 2. The Morgan fingerprint density at radius 3 is 2.39 bits per heavy atom. The average molecular weight is 811 g/mol. The highest BCUT2D eigenvalue weighted by Gasteiger charge is 2.57. The number of hydrogen-bond acceptors (Lipinski definition) is 10. The predicted molar refractivity (Wildman–Crippen MR) is 231 cm³/mol. The molecule has 3 aromatic carbocycles. The second-order valence-corrected chi connectivity index (χ2v) is 18.4. The van der Waals surface area contributed by atoms with E-state index in [4.69, 9.17) is 15.3 Å². The predicted octanol–water partition coefficient (Wildman–Crippen LogP) is 4.98. The van der Waals surface area contributed by atoms with Crippen molar-refractivity contribution in [2.24, 2.45) is 34.8 Å². The molecular formula is C47H66N6O6. The third-order valence-electron chi connectivity index (χ3n) is 14.2. The van der Waals surface area contributed by atoms with Gasteiger partial charge in [0.15, 0.2) is 0 Å². The van der Waals surface area contributed by atoms with E-state index in [9.17, 15) is 19.8 Å². The van der Waals surface area contributed by atoms with Crippen LogP contribution in [0.4, 0.5) is 5.69 Å². The fourth-order valence-electron chi connectivity index (χ4n) is 10.6. The Bertz CT molecular complexity index is 1930. The van der Waals surface area contributed by atoms with Crippen LogP contribution in [0, 0.1) is 29.1 Å². The van der Waals surface area contributed by atoms with Crippen molar-refractivity contribution < 1.29 is 29.4 Å². The van der Waals surface area contributed by atoms with Crippen molar-refractivity contribution in [2.75, 3.05) is 52.3 Å². The standard InChI is InChI=1S/C47H66N6O6/c1-28-37-23-34(47(37,3)4)24-38(28)49-46(57)42-41(29(2)54)40(25-48)59-53(42)26-31-16-13-17-36(44(31)58-7)32-20-33(22-35(21-32)51(5)6)45(56)50-39(27-52-18-11-12-19-52)43(55)30-14-9-8-10-15-30/h8-10,13-17,20-22,28-29,34,37-43,54-55H,11-12,18-19,23-27,48H2,1-7H3,(H,49,57)(H,50,56)/t28-,29-,34-,37+,38-,39+,40-,41+,42-,43+/m0/s1. The topological polar surface area (TPSA) is 153 Å². The summed E-state index contributed by atoms with van der Waals surface area (Å²) >= 11 is 0. The second kappa shape index (κ2) is 17.9. The lowest BCUT2D eigenvalue weighted by atomic mass is 9.45. The summed E-state index contributed by atoms with van der Waals surface area (Å²) in [7, 11) is 5.49. The Balaban J connectivity index is 1.17. The van der Waals surface area contributed by atoms with Gasteiger partial charge in [0.2, 0.25) is 5.91 Å². The lowest BCUT2D eigenvalue weighted by molar-refractivity contribution is -0.175. The molecule has 3 aromatic rings. The van der Waals surface area contributed by atoms with Crippen LogP contribution in [0.2, 0.25) is 0 Å². The number of anilines is 1. The minimum atomic E-state index is -0.885. The number of nitrogens with zero attached hydrogens (tertiary/aromatic N) is 3.